The van der Waals surface area contributed by atoms with Crippen molar-refractivity contribution in [3.8, 4) is 6.07 Å². The van der Waals surface area contributed by atoms with Gasteiger partial charge in [0.05, 0.1) is 11.5 Å². The summed E-state index contributed by atoms with van der Waals surface area (Å²) in [7, 11) is 0.685. The van der Waals surface area contributed by atoms with E-state index in [0.29, 0.717) is 12.0 Å². The van der Waals surface area contributed by atoms with Crippen molar-refractivity contribution in [1.82, 2.24) is 5.32 Å². The average molecular weight is 391 g/mol. The van der Waals surface area contributed by atoms with E-state index in [4.69, 9.17) is 10.00 Å². The molecule has 144 valence electrons. The molecule has 1 heterocycles. The van der Waals surface area contributed by atoms with Gasteiger partial charge >= 0.3 is 5.97 Å². The van der Waals surface area contributed by atoms with Gasteiger partial charge in [-0.1, -0.05) is 12.1 Å². The second-order valence-corrected chi connectivity index (χ2v) is 8.63. The monoisotopic (exact) mass is 391 g/mol. The molecule has 0 saturated carbocycles. The van der Waals surface area contributed by atoms with Crippen molar-refractivity contribution in [2.75, 3.05) is 37.1 Å². The highest BCUT2D eigenvalue weighted by Crippen LogP contribution is 2.15. The van der Waals surface area contributed by atoms with Crippen molar-refractivity contribution >= 4 is 33.5 Å². The molecule has 1 atom stereocenters. The first kappa shape index (κ1) is 20.5. The molecule has 1 aliphatic rings. The van der Waals surface area contributed by atoms with Gasteiger partial charge in [0.15, 0.2) is 16.4 Å². The first-order chi connectivity index (χ1) is 12.7. The Morgan fingerprint density at radius 2 is 2.00 bits per heavy atom. The van der Waals surface area contributed by atoms with Gasteiger partial charge in [0.2, 0.25) is 0 Å². The van der Waals surface area contributed by atoms with Crippen LogP contribution in [0.4, 0.5) is 5.69 Å². The number of benzene rings is 1. The zero-order valence-corrected chi connectivity index (χ0v) is 16.0. The molecule has 0 bridgehead atoms. The van der Waals surface area contributed by atoms with Crippen LogP contribution in [0.15, 0.2) is 29.8 Å². The van der Waals surface area contributed by atoms with Crippen LogP contribution in [0.2, 0.25) is 0 Å². The average Bonchev–Trinajstić information content (AvgIpc) is 2.96. The minimum Gasteiger partial charge on any atom is -0.451 e. The Balaban J connectivity index is 1.91. The fourth-order valence-corrected chi connectivity index (χ4v) is 4.23. The molecule has 0 unspecified atom stereocenters. The van der Waals surface area contributed by atoms with E-state index in [9.17, 15) is 18.0 Å². The quantitative estimate of drug-likeness (QED) is 0.426. The van der Waals surface area contributed by atoms with E-state index in [0.717, 1.165) is 5.69 Å². The summed E-state index contributed by atoms with van der Waals surface area (Å²) >= 11 is 0. The topological polar surface area (TPSA) is 117 Å². The van der Waals surface area contributed by atoms with Crippen molar-refractivity contribution in [2.24, 2.45) is 0 Å². The van der Waals surface area contributed by atoms with E-state index in [-0.39, 0.29) is 17.1 Å². The summed E-state index contributed by atoms with van der Waals surface area (Å²) in [4.78, 5) is 25.7. The molecular formula is C18H21N3O5S. The molecule has 1 aliphatic heterocycles. The minimum absolute atomic E-state index is 0.0334. The Morgan fingerprint density at radius 3 is 2.52 bits per heavy atom. The molecule has 0 radical (unpaired) electrons. The summed E-state index contributed by atoms with van der Waals surface area (Å²) in [6.45, 7) is -0.575. The second-order valence-electron chi connectivity index (χ2n) is 6.40. The van der Waals surface area contributed by atoms with Gasteiger partial charge in [-0.3, -0.25) is 4.79 Å². The summed E-state index contributed by atoms with van der Waals surface area (Å²) in [5, 5.41) is 11.7. The molecule has 8 nitrogen and oxygen atoms in total. The molecule has 0 aliphatic carbocycles. The van der Waals surface area contributed by atoms with Crippen LogP contribution in [0.1, 0.15) is 12.0 Å². The summed E-state index contributed by atoms with van der Waals surface area (Å²) < 4.78 is 27.6. The van der Waals surface area contributed by atoms with E-state index < -0.39 is 34.4 Å². The lowest BCUT2D eigenvalue weighted by atomic mass is 10.1. The highest BCUT2D eigenvalue weighted by molar-refractivity contribution is 7.91. The largest absolute Gasteiger partial charge is 0.451 e. The SMILES string of the molecule is CN(C)c1ccc(/C=C(\C#N)C(=O)OCC(=O)N[C@@H]2CCS(=O)(=O)C2)cc1. The maximum absolute atomic E-state index is 12.0. The zero-order valence-electron chi connectivity index (χ0n) is 15.1. The minimum atomic E-state index is -3.11. The first-order valence-electron chi connectivity index (χ1n) is 8.26. The molecule has 1 aromatic carbocycles. The molecular weight excluding hydrogens is 370 g/mol. The summed E-state index contributed by atoms with van der Waals surface area (Å²) in [5.41, 5.74) is 1.39. The number of rotatable bonds is 6. The molecule has 27 heavy (non-hydrogen) atoms. The number of nitrogens with zero attached hydrogens (tertiary/aromatic N) is 2. The number of anilines is 1. The second kappa shape index (κ2) is 8.68. The number of nitrogens with one attached hydrogen (secondary N) is 1. The molecule has 1 fully saturated rings. The number of sulfone groups is 1. The maximum Gasteiger partial charge on any atom is 0.349 e. The third-order valence-corrected chi connectivity index (χ3v) is 5.76. The number of esters is 1. The van der Waals surface area contributed by atoms with Crippen molar-refractivity contribution in [1.29, 1.82) is 5.26 Å². The number of ether oxygens (including phenoxy) is 1. The lowest BCUT2D eigenvalue weighted by Gasteiger charge is -2.12. The standard InChI is InChI=1S/C18H21N3O5S/c1-21(2)16-5-3-13(4-6-16)9-14(10-19)18(23)26-11-17(22)20-15-7-8-27(24,25)12-15/h3-6,9,15H,7-8,11-12H2,1-2H3,(H,20,22)/b14-9+/t15-/m1/s1. The third kappa shape index (κ3) is 6.11. The number of hydrogen-bond acceptors (Lipinski definition) is 7. The van der Waals surface area contributed by atoms with Crippen molar-refractivity contribution in [3.63, 3.8) is 0 Å². The van der Waals surface area contributed by atoms with E-state index in [1.165, 1.54) is 6.08 Å². The molecule has 9 heteroatoms. The van der Waals surface area contributed by atoms with Gasteiger partial charge in [-0.15, -0.1) is 0 Å². The lowest BCUT2D eigenvalue weighted by Crippen LogP contribution is -2.38. The van der Waals surface area contributed by atoms with Crippen LogP contribution < -0.4 is 10.2 Å². The van der Waals surface area contributed by atoms with E-state index in [1.807, 2.05) is 31.1 Å². The van der Waals surface area contributed by atoms with E-state index in [1.54, 1.807) is 18.2 Å². The molecule has 1 amide bonds. The molecule has 1 saturated heterocycles. The van der Waals surface area contributed by atoms with Gasteiger partial charge in [0, 0.05) is 25.8 Å². The van der Waals surface area contributed by atoms with Gasteiger partial charge in [-0.2, -0.15) is 5.26 Å². The Bertz CT molecular complexity index is 883. The fourth-order valence-electron chi connectivity index (χ4n) is 2.56. The number of carbonyl (C=O) groups excluding carboxylic acids is 2. The summed E-state index contributed by atoms with van der Waals surface area (Å²) in [6.07, 6.45) is 1.72. The predicted molar refractivity (Wildman–Crippen MR) is 101 cm³/mol. The molecule has 0 spiro atoms. The molecule has 1 N–H and O–H groups in total. The van der Waals surface area contributed by atoms with Crippen LogP contribution in [0.3, 0.4) is 0 Å². The van der Waals surface area contributed by atoms with Gasteiger partial charge in [0.25, 0.3) is 5.91 Å². The summed E-state index contributed by atoms with van der Waals surface area (Å²) in [6, 6.07) is 8.49. The van der Waals surface area contributed by atoms with E-state index in [2.05, 4.69) is 5.32 Å². The molecule has 2 rings (SSSR count). The Labute approximate surface area is 158 Å². The number of carbonyl (C=O) groups is 2. The van der Waals surface area contributed by atoms with Gasteiger partial charge in [0.1, 0.15) is 11.6 Å². The number of hydrogen-bond donors (Lipinski definition) is 1. The Kier molecular flexibility index (Phi) is 6.58. The highest BCUT2D eigenvalue weighted by atomic mass is 32.2. The molecule has 0 aromatic heterocycles. The van der Waals surface area contributed by atoms with Crippen LogP contribution in [-0.4, -0.2) is 58.5 Å². The fraction of sp³-hybridized carbons (Fsp3) is 0.389. The van der Waals surface area contributed by atoms with Crippen molar-refractivity contribution < 1.29 is 22.7 Å². The summed E-state index contributed by atoms with van der Waals surface area (Å²) in [5.74, 6) is -1.59. The van der Waals surface area contributed by atoms with Crippen LogP contribution in [0.25, 0.3) is 6.08 Å². The normalized spacial score (nSPS) is 18.4. The predicted octanol–water partition coefficient (Wildman–Crippen LogP) is 0.506. The van der Waals surface area contributed by atoms with E-state index >= 15 is 0 Å². The van der Waals surface area contributed by atoms with Crippen LogP contribution >= 0.6 is 0 Å². The van der Waals surface area contributed by atoms with Crippen LogP contribution in [0, 0.1) is 11.3 Å². The Hall–Kier alpha value is -2.86. The highest BCUT2D eigenvalue weighted by Gasteiger charge is 2.29. The van der Waals surface area contributed by atoms with Crippen LogP contribution in [-0.2, 0) is 24.2 Å². The van der Waals surface area contributed by atoms with Crippen molar-refractivity contribution in [2.45, 2.75) is 12.5 Å². The number of amides is 1. The van der Waals surface area contributed by atoms with Crippen LogP contribution in [0.5, 0.6) is 0 Å². The van der Waals surface area contributed by atoms with Gasteiger partial charge in [-0.05, 0) is 30.2 Å². The zero-order chi connectivity index (χ0) is 20.0. The smallest absolute Gasteiger partial charge is 0.349 e. The first-order valence-corrected chi connectivity index (χ1v) is 10.1. The lowest BCUT2D eigenvalue weighted by molar-refractivity contribution is -0.144. The third-order valence-electron chi connectivity index (χ3n) is 3.99. The van der Waals surface area contributed by atoms with Crippen molar-refractivity contribution in [3.05, 3.63) is 35.4 Å². The van der Waals surface area contributed by atoms with Gasteiger partial charge in [-0.25, -0.2) is 13.2 Å². The number of nitriles is 1. The Morgan fingerprint density at radius 1 is 1.33 bits per heavy atom. The molecule has 1 aromatic rings. The maximum atomic E-state index is 12.0. The van der Waals surface area contributed by atoms with Gasteiger partial charge < -0.3 is 15.0 Å².